The van der Waals surface area contributed by atoms with Gasteiger partial charge >= 0.3 is 0 Å². The van der Waals surface area contributed by atoms with Crippen molar-refractivity contribution in [1.29, 1.82) is 0 Å². The Kier molecular flexibility index (Phi) is 6.37. The first kappa shape index (κ1) is 18.3. The lowest BCUT2D eigenvalue weighted by atomic mass is 10.2. The van der Waals surface area contributed by atoms with Gasteiger partial charge in [-0.2, -0.15) is 0 Å². The molecule has 134 valence electrons. The van der Waals surface area contributed by atoms with E-state index in [4.69, 9.17) is 32.4 Å². The van der Waals surface area contributed by atoms with E-state index in [-0.39, 0.29) is 18.4 Å². The van der Waals surface area contributed by atoms with Crippen molar-refractivity contribution < 1.29 is 13.9 Å². The van der Waals surface area contributed by atoms with Crippen LogP contribution in [0.4, 0.5) is 0 Å². The third kappa shape index (κ3) is 5.47. The van der Waals surface area contributed by atoms with Crippen molar-refractivity contribution >= 4 is 29.1 Å². The third-order valence-electron chi connectivity index (χ3n) is 4.05. The number of halogens is 2. The summed E-state index contributed by atoms with van der Waals surface area (Å²) >= 11 is 12.0. The van der Waals surface area contributed by atoms with E-state index in [1.54, 1.807) is 18.4 Å². The van der Waals surface area contributed by atoms with Gasteiger partial charge in [-0.15, -0.1) is 0 Å². The zero-order valence-electron chi connectivity index (χ0n) is 13.7. The highest BCUT2D eigenvalue weighted by atomic mass is 35.5. The molecule has 1 N–H and O–H groups in total. The lowest BCUT2D eigenvalue weighted by molar-refractivity contribution is -0.121. The van der Waals surface area contributed by atoms with Crippen molar-refractivity contribution in [3.8, 4) is 0 Å². The van der Waals surface area contributed by atoms with E-state index in [1.807, 2.05) is 18.2 Å². The second-order valence-corrected chi connectivity index (χ2v) is 6.85. The minimum atomic E-state index is -0.0693. The standard InChI is InChI=1S/C18H20Cl2N2O3/c19-16-4-3-13(8-17(16)20)11-22-5-7-25-15(12-22)10-21-18(23)9-14-2-1-6-24-14/h1-4,6,8,15H,5,7,9-12H2,(H,21,23)/t15-/m1/s1. The molecule has 1 atom stereocenters. The Morgan fingerprint density at radius 3 is 2.92 bits per heavy atom. The molecule has 25 heavy (non-hydrogen) atoms. The topological polar surface area (TPSA) is 54.7 Å². The molecule has 7 heteroatoms. The summed E-state index contributed by atoms with van der Waals surface area (Å²) in [4.78, 5) is 14.2. The number of amides is 1. The number of nitrogens with zero attached hydrogens (tertiary/aromatic N) is 1. The van der Waals surface area contributed by atoms with E-state index >= 15 is 0 Å². The van der Waals surface area contributed by atoms with Crippen LogP contribution in [0.3, 0.4) is 0 Å². The monoisotopic (exact) mass is 382 g/mol. The summed E-state index contributed by atoms with van der Waals surface area (Å²) in [6, 6.07) is 9.23. The molecule has 2 heterocycles. The number of furan rings is 1. The van der Waals surface area contributed by atoms with E-state index in [9.17, 15) is 4.79 Å². The molecule has 1 saturated heterocycles. The van der Waals surface area contributed by atoms with Crippen LogP contribution in [0.5, 0.6) is 0 Å². The highest BCUT2D eigenvalue weighted by Gasteiger charge is 2.21. The molecular formula is C18H20Cl2N2O3. The molecule has 0 unspecified atom stereocenters. The fourth-order valence-corrected chi connectivity index (χ4v) is 3.13. The summed E-state index contributed by atoms with van der Waals surface area (Å²) in [5, 5.41) is 4.03. The van der Waals surface area contributed by atoms with Crippen LogP contribution in [0, 0.1) is 0 Å². The number of ether oxygens (including phenoxy) is 1. The van der Waals surface area contributed by atoms with Crippen LogP contribution in [0.2, 0.25) is 10.0 Å². The molecule has 1 fully saturated rings. The predicted molar refractivity (Wildman–Crippen MR) is 96.9 cm³/mol. The molecule has 0 bridgehead atoms. The molecule has 1 aliphatic rings. The van der Waals surface area contributed by atoms with Gasteiger partial charge in [0.25, 0.3) is 0 Å². The van der Waals surface area contributed by atoms with Gasteiger partial charge in [-0.3, -0.25) is 9.69 Å². The van der Waals surface area contributed by atoms with Crippen molar-refractivity contribution in [2.24, 2.45) is 0 Å². The number of hydrogen-bond donors (Lipinski definition) is 1. The molecule has 3 rings (SSSR count). The Morgan fingerprint density at radius 2 is 2.16 bits per heavy atom. The zero-order chi connectivity index (χ0) is 17.6. The van der Waals surface area contributed by atoms with Gasteiger partial charge in [-0.25, -0.2) is 0 Å². The maximum Gasteiger partial charge on any atom is 0.227 e. The average molecular weight is 383 g/mol. The second kappa shape index (κ2) is 8.72. The highest BCUT2D eigenvalue weighted by Crippen LogP contribution is 2.23. The molecule has 1 aliphatic heterocycles. The van der Waals surface area contributed by atoms with Crippen molar-refractivity contribution in [2.75, 3.05) is 26.2 Å². The van der Waals surface area contributed by atoms with E-state index in [0.717, 1.165) is 25.2 Å². The number of benzene rings is 1. The van der Waals surface area contributed by atoms with Crippen molar-refractivity contribution in [3.05, 3.63) is 58.0 Å². The Morgan fingerprint density at radius 1 is 1.28 bits per heavy atom. The number of carbonyl (C=O) groups excluding carboxylic acids is 1. The second-order valence-electron chi connectivity index (χ2n) is 6.04. The number of morpholine rings is 1. The quantitative estimate of drug-likeness (QED) is 0.833. The zero-order valence-corrected chi connectivity index (χ0v) is 15.2. The third-order valence-corrected chi connectivity index (χ3v) is 4.79. The van der Waals surface area contributed by atoms with E-state index < -0.39 is 0 Å². The SMILES string of the molecule is O=C(Cc1ccco1)NC[C@@H]1CN(Cc2ccc(Cl)c(Cl)c2)CCO1. The summed E-state index contributed by atoms with van der Waals surface area (Å²) in [6.07, 6.45) is 1.78. The van der Waals surface area contributed by atoms with Crippen LogP contribution < -0.4 is 5.32 Å². The molecule has 0 spiro atoms. The minimum Gasteiger partial charge on any atom is -0.469 e. The van der Waals surface area contributed by atoms with Gasteiger partial charge < -0.3 is 14.5 Å². The number of nitrogens with one attached hydrogen (secondary N) is 1. The van der Waals surface area contributed by atoms with Crippen LogP contribution in [0.25, 0.3) is 0 Å². The van der Waals surface area contributed by atoms with Crippen LogP contribution in [0.15, 0.2) is 41.0 Å². The van der Waals surface area contributed by atoms with E-state index in [0.29, 0.717) is 29.0 Å². The highest BCUT2D eigenvalue weighted by molar-refractivity contribution is 6.42. The summed E-state index contributed by atoms with van der Waals surface area (Å²) in [7, 11) is 0. The van der Waals surface area contributed by atoms with Crippen LogP contribution in [0.1, 0.15) is 11.3 Å². The Hall–Kier alpha value is -1.53. The molecule has 0 aliphatic carbocycles. The van der Waals surface area contributed by atoms with Gasteiger partial charge in [0.05, 0.1) is 35.4 Å². The van der Waals surface area contributed by atoms with Crippen LogP contribution in [-0.4, -0.2) is 43.2 Å². The summed E-state index contributed by atoms with van der Waals surface area (Å²) in [6.45, 7) is 3.49. The van der Waals surface area contributed by atoms with Crippen molar-refractivity contribution in [3.63, 3.8) is 0 Å². The number of hydrogen-bond acceptors (Lipinski definition) is 4. The molecule has 2 aromatic rings. The number of rotatable bonds is 6. The first-order valence-corrected chi connectivity index (χ1v) is 8.92. The van der Waals surface area contributed by atoms with Crippen LogP contribution >= 0.6 is 23.2 Å². The van der Waals surface area contributed by atoms with E-state index in [2.05, 4.69) is 10.2 Å². The molecule has 1 aromatic heterocycles. The normalized spacial score (nSPS) is 18.2. The summed E-state index contributed by atoms with van der Waals surface area (Å²) in [5.41, 5.74) is 1.11. The van der Waals surface area contributed by atoms with Crippen molar-refractivity contribution in [1.82, 2.24) is 10.2 Å². The summed E-state index contributed by atoms with van der Waals surface area (Å²) < 4.78 is 10.9. The maximum absolute atomic E-state index is 11.9. The largest absolute Gasteiger partial charge is 0.469 e. The lowest BCUT2D eigenvalue weighted by Gasteiger charge is -2.33. The Balaban J connectivity index is 1.45. The molecule has 0 radical (unpaired) electrons. The lowest BCUT2D eigenvalue weighted by Crippen LogP contribution is -2.47. The number of carbonyl (C=O) groups is 1. The molecule has 5 nitrogen and oxygen atoms in total. The Labute approximate surface area is 156 Å². The fourth-order valence-electron chi connectivity index (χ4n) is 2.81. The van der Waals surface area contributed by atoms with Crippen LogP contribution in [-0.2, 0) is 22.5 Å². The average Bonchev–Trinajstić information content (AvgIpc) is 3.10. The van der Waals surface area contributed by atoms with Gasteiger partial charge in [0.15, 0.2) is 0 Å². The molecular weight excluding hydrogens is 363 g/mol. The van der Waals surface area contributed by atoms with Crippen molar-refractivity contribution in [2.45, 2.75) is 19.1 Å². The van der Waals surface area contributed by atoms with Gasteiger partial charge in [0, 0.05) is 26.2 Å². The van der Waals surface area contributed by atoms with Gasteiger partial charge in [-0.05, 0) is 29.8 Å². The summed E-state index contributed by atoms with van der Waals surface area (Å²) in [5.74, 6) is 0.587. The molecule has 1 amide bonds. The van der Waals surface area contributed by atoms with Gasteiger partial charge in [0.2, 0.25) is 5.91 Å². The molecule has 0 saturated carbocycles. The Bertz CT molecular complexity index is 706. The fraction of sp³-hybridized carbons (Fsp3) is 0.389. The maximum atomic E-state index is 11.9. The first-order valence-electron chi connectivity index (χ1n) is 8.17. The van der Waals surface area contributed by atoms with Gasteiger partial charge in [0.1, 0.15) is 5.76 Å². The minimum absolute atomic E-state index is 0.0305. The molecule has 1 aromatic carbocycles. The van der Waals surface area contributed by atoms with E-state index in [1.165, 1.54) is 0 Å². The predicted octanol–water partition coefficient (Wildman–Crippen LogP) is 3.15. The smallest absolute Gasteiger partial charge is 0.227 e. The van der Waals surface area contributed by atoms with Gasteiger partial charge in [-0.1, -0.05) is 29.3 Å². The first-order chi connectivity index (χ1) is 12.1.